The first-order valence-corrected chi connectivity index (χ1v) is 4.29. The van der Waals surface area contributed by atoms with Crippen LogP contribution in [0.3, 0.4) is 0 Å². The van der Waals surface area contributed by atoms with E-state index in [1.54, 1.807) is 11.8 Å². The van der Waals surface area contributed by atoms with E-state index < -0.39 is 0 Å². The predicted octanol–water partition coefficient (Wildman–Crippen LogP) is 1.85. The van der Waals surface area contributed by atoms with Crippen LogP contribution in [0.4, 0.5) is 0 Å². The SMILES string of the molecule is CS[C](N)c1ccccc1. The van der Waals surface area contributed by atoms with Crippen molar-refractivity contribution < 1.29 is 0 Å². The van der Waals surface area contributed by atoms with E-state index in [-0.39, 0.29) is 0 Å². The van der Waals surface area contributed by atoms with Gasteiger partial charge < -0.3 is 5.73 Å². The molecule has 0 aliphatic heterocycles. The molecule has 0 bridgehead atoms. The van der Waals surface area contributed by atoms with Crippen molar-refractivity contribution in [1.29, 1.82) is 0 Å². The van der Waals surface area contributed by atoms with E-state index in [4.69, 9.17) is 5.73 Å². The quantitative estimate of drug-likeness (QED) is 0.700. The lowest BCUT2D eigenvalue weighted by molar-refractivity contribution is 1.30. The van der Waals surface area contributed by atoms with Crippen molar-refractivity contribution in [2.24, 2.45) is 5.73 Å². The van der Waals surface area contributed by atoms with Crippen LogP contribution in [0.25, 0.3) is 0 Å². The summed E-state index contributed by atoms with van der Waals surface area (Å²) in [6.45, 7) is 0. The molecular formula is C8H10NS. The molecule has 2 N–H and O–H groups in total. The molecule has 0 unspecified atom stereocenters. The van der Waals surface area contributed by atoms with Gasteiger partial charge in [0.05, 0.1) is 0 Å². The Balaban J connectivity index is 2.75. The smallest absolute Gasteiger partial charge is 0.119 e. The van der Waals surface area contributed by atoms with Gasteiger partial charge >= 0.3 is 0 Å². The lowest BCUT2D eigenvalue weighted by Gasteiger charge is -2.04. The lowest BCUT2D eigenvalue weighted by atomic mass is 10.2. The standard InChI is InChI=1S/C8H10NS/c1-10-8(9)7-5-3-2-4-6-7/h2-6H,9H2,1H3. The molecule has 1 rings (SSSR count). The topological polar surface area (TPSA) is 26.0 Å². The summed E-state index contributed by atoms with van der Waals surface area (Å²) in [5, 5.41) is 0.876. The van der Waals surface area contributed by atoms with Gasteiger partial charge in [0.25, 0.3) is 0 Å². The van der Waals surface area contributed by atoms with Gasteiger partial charge in [-0.15, -0.1) is 11.8 Å². The Labute approximate surface area is 65.6 Å². The van der Waals surface area contributed by atoms with Gasteiger partial charge in [0.2, 0.25) is 0 Å². The van der Waals surface area contributed by atoms with Crippen molar-refractivity contribution in [1.82, 2.24) is 0 Å². The van der Waals surface area contributed by atoms with E-state index in [2.05, 4.69) is 0 Å². The molecule has 0 aliphatic rings. The Morgan fingerprint density at radius 1 is 1.30 bits per heavy atom. The van der Waals surface area contributed by atoms with Gasteiger partial charge in [-0.3, -0.25) is 0 Å². The van der Waals surface area contributed by atoms with Gasteiger partial charge in [0.1, 0.15) is 5.37 Å². The molecule has 0 spiro atoms. The highest BCUT2D eigenvalue weighted by molar-refractivity contribution is 8.01. The van der Waals surface area contributed by atoms with Crippen molar-refractivity contribution in [2.45, 2.75) is 0 Å². The van der Waals surface area contributed by atoms with Crippen LogP contribution in [0.15, 0.2) is 30.3 Å². The highest BCUT2D eigenvalue weighted by atomic mass is 32.2. The second-order valence-corrected chi connectivity index (χ2v) is 2.78. The van der Waals surface area contributed by atoms with Gasteiger partial charge in [-0.25, -0.2) is 0 Å². The van der Waals surface area contributed by atoms with Crippen LogP contribution in [0.1, 0.15) is 5.56 Å². The first kappa shape index (κ1) is 7.63. The average molecular weight is 152 g/mol. The van der Waals surface area contributed by atoms with Crippen molar-refractivity contribution in [3.05, 3.63) is 41.3 Å². The largest absolute Gasteiger partial charge is 0.311 e. The number of nitrogens with two attached hydrogens (primary N) is 1. The summed E-state index contributed by atoms with van der Waals surface area (Å²) in [6.07, 6.45) is 1.97. The number of benzene rings is 1. The molecule has 0 amide bonds. The fourth-order valence-corrected chi connectivity index (χ4v) is 1.09. The third-order valence-electron chi connectivity index (χ3n) is 1.28. The predicted molar refractivity (Wildman–Crippen MR) is 46.5 cm³/mol. The molecule has 0 aromatic heterocycles. The molecule has 1 aromatic rings. The molecule has 1 radical (unpaired) electrons. The van der Waals surface area contributed by atoms with Crippen LogP contribution in [-0.2, 0) is 0 Å². The summed E-state index contributed by atoms with van der Waals surface area (Å²) >= 11 is 1.57. The second kappa shape index (κ2) is 3.64. The monoisotopic (exact) mass is 152 g/mol. The maximum atomic E-state index is 5.67. The van der Waals surface area contributed by atoms with Crippen LogP contribution in [0.2, 0.25) is 0 Å². The van der Waals surface area contributed by atoms with Crippen LogP contribution in [0, 0.1) is 5.37 Å². The molecule has 0 saturated heterocycles. The average Bonchev–Trinajstić information content (AvgIpc) is 2.05. The molecule has 0 saturated carbocycles. The van der Waals surface area contributed by atoms with E-state index in [0.717, 1.165) is 10.9 Å². The van der Waals surface area contributed by atoms with Crippen molar-refractivity contribution in [2.75, 3.05) is 6.26 Å². The van der Waals surface area contributed by atoms with E-state index in [9.17, 15) is 0 Å². The highest BCUT2D eigenvalue weighted by Gasteiger charge is 2.01. The van der Waals surface area contributed by atoms with Crippen LogP contribution in [-0.4, -0.2) is 6.26 Å². The van der Waals surface area contributed by atoms with Gasteiger partial charge in [0.15, 0.2) is 0 Å². The lowest BCUT2D eigenvalue weighted by Crippen LogP contribution is -2.05. The number of hydrogen-bond acceptors (Lipinski definition) is 2. The zero-order valence-corrected chi connectivity index (χ0v) is 6.69. The normalized spacial score (nSPS) is 10.3. The second-order valence-electron chi connectivity index (χ2n) is 1.93. The molecule has 0 heterocycles. The first-order chi connectivity index (χ1) is 4.84. The van der Waals surface area contributed by atoms with Gasteiger partial charge in [-0.1, -0.05) is 30.3 Å². The molecule has 2 heteroatoms. The van der Waals surface area contributed by atoms with Crippen LogP contribution < -0.4 is 5.73 Å². The van der Waals surface area contributed by atoms with Gasteiger partial charge in [-0.2, -0.15) is 0 Å². The number of thioether (sulfide) groups is 1. The van der Waals surface area contributed by atoms with Crippen molar-refractivity contribution >= 4 is 11.8 Å². The van der Waals surface area contributed by atoms with Gasteiger partial charge in [0, 0.05) is 0 Å². The summed E-state index contributed by atoms with van der Waals surface area (Å²) < 4.78 is 0. The zero-order valence-electron chi connectivity index (χ0n) is 5.87. The first-order valence-electron chi connectivity index (χ1n) is 3.06. The molecule has 1 nitrogen and oxygen atoms in total. The zero-order chi connectivity index (χ0) is 7.40. The van der Waals surface area contributed by atoms with Crippen molar-refractivity contribution in [3.63, 3.8) is 0 Å². The Morgan fingerprint density at radius 3 is 2.40 bits per heavy atom. The summed E-state index contributed by atoms with van der Waals surface area (Å²) in [7, 11) is 0. The maximum Gasteiger partial charge on any atom is 0.119 e. The van der Waals surface area contributed by atoms with Gasteiger partial charge in [-0.05, 0) is 11.8 Å². The summed E-state index contributed by atoms with van der Waals surface area (Å²) in [5.41, 5.74) is 6.78. The molecular weight excluding hydrogens is 142 g/mol. The Morgan fingerprint density at radius 2 is 1.90 bits per heavy atom. The van der Waals surface area contributed by atoms with Crippen molar-refractivity contribution in [3.8, 4) is 0 Å². The minimum absolute atomic E-state index is 0.876. The Bertz CT molecular complexity index is 186. The van der Waals surface area contributed by atoms with E-state index >= 15 is 0 Å². The van der Waals surface area contributed by atoms with Crippen LogP contribution in [0.5, 0.6) is 0 Å². The third-order valence-corrected chi connectivity index (χ3v) is 1.95. The van der Waals surface area contributed by atoms with E-state index in [1.165, 1.54) is 0 Å². The molecule has 10 heavy (non-hydrogen) atoms. The molecule has 0 fully saturated rings. The minimum Gasteiger partial charge on any atom is -0.311 e. The number of rotatable bonds is 2. The van der Waals surface area contributed by atoms with Crippen LogP contribution >= 0.6 is 11.8 Å². The Kier molecular flexibility index (Phi) is 2.78. The summed E-state index contributed by atoms with van der Waals surface area (Å²) in [4.78, 5) is 0. The minimum atomic E-state index is 0.876. The molecule has 0 aliphatic carbocycles. The molecule has 53 valence electrons. The fourth-order valence-electron chi connectivity index (χ4n) is 0.720. The van der Waals surface area contributed by atoms with E-state index in [1.807, 2.05) is 36.6 Å². The number of hydrogen-bond donors (Lipinski definition) is 1. The highest BCUT2D eigenvalue weighted by Crippen LogP contribution is 2.17. The summed E-state index contributed by atoms with van der Waals surface area (Å²) in [6, 6.07) is 9.96. The fraction of sp³-hybridized carbons (Fsp3) is 0.125. The third kappa shape index (κ3) is 1.75. The summed E-state index contributed by atoms with van der Waals surface area (Å²) in [5.74, 6) is 0. The molecule has 0 atom stereocenters. The van der Waals surface area contributed by atoms with E-state index in [0.29, 0.717) is 0 Å². The maximum absolute atomic E-state index is 5.67. The Hall–Kier alpha value is -0.470. The molecule has 1 aromatic carbocycles.